The van der Waals surface area contributed by atoms with Crippen molar-refractivity contribution in [3.05, 3.63) is 71.3 Å². The first-order valence-corrected chi connectivity index (χ1v) is 9.56. The van der Waals surface area contributed by atoms with Gasteiger partial charge >= 0.3 is 6.18 Å². The zero-order chi connectivity index (χ0) is 23.8. The highest BCUT2D eigenvalue weighted by molar-refractivity contribution is 6.06. The first-order valence-electron chi connectivity index (χ1n) is 9.56. The van der Waals surface area contributed by atoms with Crippen LogP contribution in [0, 0.1) is 6.92 Å². The maximum Gasteiger partial charge on any atom is 0.416 e. The largest absolute Gasteiger partial charge is 0.456 e. The number of nitrogens with one attached hydrogen (secondary N) is 1. The van der Waals surface area contributed by atoms with E-state index in [2.05, 4.69) is 20.5 Å². The van der Waals surface area contributed by atoms with Gasteiger partial charge in [-0.15, -0.1) is 5.10 Å². The molecule has 1 amide bonds. The van der Waals surface area contributed by atoms with Crippen molar-refractivity contribution in [3.8, 4) is 11.3 Å². The lowest BCUT2D eigenvalue weighted by Crippen LogP contribution is -2.14. The zero-order valence-electron chi connectivity index (χ0n) is 17.3. The normalized spacial score (nSPS) is 11.5. The summed E-state index contributed by atoms with van der Waals surface area (Å²) in [6.07, 6.45) is -3.27. The fourth-order valence-electron chi connectivity index (χ4n) is 3.01. The number of aromatic nitrogens is 4. The number of hydrogen-bond donors (Lipinski definition) is 1. The summed E-state index contributed by atoms with van der Waals surface area (Å²) >= 11 is 0. The summed E-state index contributed by atoms with van der Waals surface area (Å²) in [5.41, 5.74) is -1.02. The molecule has 0 saturated carbocycles. The summed E-state index contributed by atoms with van der Waals surface area (Å²) in [5, 5.41) is 10.6. The number of carbonyl (C=O) groups excluding carboxylic acids is 2. The molecule has 9 nitrogen and oxygen atoms in total. The maximum absolute atomic E-state index is 13.1. The number of ketones is 1. The molecule has 1 N–H and O–H groups in total. The Bertz CT molecular complexity index is 1340. The average molecular weight is 459 g/mol. The maximum atomic E-state index is 13.1. The Morgan fingerprint density at radius 3 is 2.64 bits per heavy atom. The van der Waals surface area contributed by atoms with Gasteiger partial charge in [-0.1, -0.05) is 12.1 Å². The van der Waals surface area contributed by atoms with E-state index in [1.807, 2.05) is 0 Å². The number of nitrogens with zero attached hydrogens (tertiary/aromatic N) is 4. The monoisotopic (exact) mass is 459 g/mol. The second kappa shape index (κ2) is 8.37. The molecule has 12 heteroatoms. The van der Waals surface area contributed by atoms with E-state index in [4.69, 9.17) is 8.83 Å². The van der Waals surface area contributed by atoms with E-state index in [9.17, 15) is 22.8 Å². The molecule has 1 aromatic carbocycles. The van der Waals surface area contributed by atoms with Gasteiger partial charge in [0.15, 0.2) is 34.7 Å². The Balaban J connectivity index is 1.53. The molecule has 0 aliphatic carbocycles. The number of furan rings is 1. The molecule has 0 saturated heterocycles. The van der Waals surface area contributed by atoms with Crippen LogP contribution in [0.4, 0.5) is 19.0 Å². The third-order valence-electron chi connectivity index (χ3n) is 4.49. The van der Waals surface area contributed by atoms with Crippen molar-refractivity contribution in [1.82, 2.24) is 20.0 Å². The fraction of sp³-hybridized carbons (Fsp3) is 0.190. The Kier molecular flexibility index (Phi) is 5.58. The van der Waals surface area contributed by atoms with Gasteiger partial charge < -0.3 is 14.2 Å². The van der Waals surface area contributed by atoms with Crippen LogP contribution in [-0.4, -0.2) is 31.7 Å². The Hall–Kier alpha value is -4.22. The van der Waals surface area contributed by atoms with Crippen LogP contribution in [0.2, 0.25) is 0 Å². The smallest absolute Gasteiger partial charge is 0.416 e. The number of anilines is 1. The standard InChI is InChI=1S/C21H16F3N5O4/c1-11(30)16-7-6-15(33-16)10-29-25-9-17(28-29)27-20(31)18-19(32-12(2)26-18)13-4-3-5-14(8-13)21(22,23)24/h3-9H,10H2,1-2H3,(H,27,28,31). The van der Waals surface area contributed by atoms with Crippen molar-refractivity contribution in [1.29, 1.82) is 0 Å². The highest BCUT2D eigenvalue weighted by atomic mass is 19.4. The lowest BCUT2D eigenvalue weighted by molar-refractivity contribution is -0.137. The minimum Gasteiger partial charge on any atom is -0.456 e. The van der Waals surface area contributed by atoms with E-state index in [1.54, 1.807) is 6.07 Å². The van der Waals surface area contributed by atoms with E-state index < -0.39 is 17.6 Å². The number of oxazole rings is 1. The average Bonchev–Trinajstić information content (AvgIpc) is 3.48. The number of benzene rings is 1. The molecule has 170 valence electrons. The molecule has 0 spiro atoms. The first kappa shape index (κ1) is 22.0. The highest BCUT2D eigenvalue weighted by Crippen LogP contribution is 2.33. The number of alkyl halides is 3. The number of rotatable bonds is 6. The van der Waals surface area contributed by atoms with Crippen LogP contribution >= 0.6 is 0 Å². The van der Waals surface area contributed by atoms with Gasteiger partial charge in [0.2, 0.25) is 0 Å². The second-order valence-electron chi connectivity index (χ2n) is 7.03. The molecule has 0 aliphatic heterocycles. The second-order valence-corrected chi connectivity index (χ2v) is 7.03. The number of hydrogen-bond acceptors (Lipinski definition) is 7. The van der Waals surface area contributed by atoms with Crippen molar-refractivity contribution < 1.29 is 31.6 Å². The molecule has 3 aromatic heterocycles. The minimum atomic E-state index is -4.55. The van der Waals surface area contributed by atoms with E-state index in [0.717, 1.165) is 12.1 Å². The van der Waals surface area contributed by atoms with Gasteiger partial charge in [0.1, 0.15) is 12.3 Å². The number of carbonyl (C=O) groups is 2. The van der Waals surface area contributed by atoms with Crippen LogP contribution in [-0.2, 0) is 12.7 Å². The van der Waals surface area contributed by atoms with Gasteiger partial charge in [-0.3, -0.25) is 9.59 Å². The van der Waals surface area contributed by atoms with Crippen LogP contribution in [0.1, 0.15) is 45.2 Å². The SMILES string of the molecule is CC(=O)c1ccc(Cn2ncc(NC(=O)c3nc(C)oc3-c3cccc(C(F)(F)F)c3)n2)o1. The van der Waals surface area contributed by atoms with Gasteiger partial charge in [-0.2, -0.15) is 23.1 Å². The molecule has 0 aliphatic rings. The minimum absolute atomic E-state index is 0.0540. The zero-order valence-corrected chi connectivity index (χ0v) is 17.3. The number of halogens is 3. The van der Waals surface area contributed by atoms with Gasteiger partial charge in [-0.05, 0) is 24.3 Å². The third-order valence-corrected chi connectivity index (χ3v) is 4.49. The number of Topliss-reactive ketones (excluding diaryl/α,β-unsaturated/α-hetero) is 1. The number of aryl methyl sites for hydroxylation is 1. The molecule has 0 fully saturated rings. The van der Waals surface area contributed by atoms with Crippen molar-refractivity contribution in [3.63, 3.8) is 0 Å². The molecule has 0 bridgehead atoms. The third kappa shape index (κ3) is 4.84. The molecule has 33 heavy (non-hydrogen) atoms. The Morgan fingerprint density at radius 2 is 1.94 bits per heavy atom. The summed E-state index contributed by atoms with van der Waals surface area (Å²) < 4.78 is 50.0. The van der Waals surface area contributed by atoms with E-state index in [-0.39, 0.29) is 46.8 Å². The molecule has 3 heterocycles. The van der Waals surface area contributed by atoms with Gasteiger partial charge in [-0.25, -0.2) is 4.98 Å². The Labute approximate surface area is 184 Å². The topological polar surface area (TPSA) is 116 Å². The fourth-order valence-corrected chi connectivity index (χ4v) is 3.01. The summed E-state index contributed by atoms with van der Waals surface area (Å²) in [6.45, 7) is 2.96. The number of amides is 1. The molecular weight excluding hydrogens is 443 g/mol. The van der Waals surface area contributed by atoms with Crippen LogP contribution in [0.5, 0.6) is 0 Å². The summed E-state index contributed by atoms with van der Waals surface area (Å²) in [7, 11) is 0. The summed E-state index contributed by atoms with van der Waals surface area (Å²) in [5.74, 6) is -0.229. The lowest BCUT2D eigenvalue weighted by atomic mass is 10.1. The Morgan fingerprint density at radius 1 is 1.15 bits per heavy atom. The van der Waals surface area contributed by atoms with Gasteiger partial charge in [0.25, 0.3) is 5.91 Å². The molecule has 4 rings (SSSR count). The van der Waals surface area contributed by atoms with Crippen LogP contribution in [0.25, 0.3) is 11.3 Å². The molecule has 0 unspecified atom stereocenters. The summed E-state index contributed by atoms with van der Waals surface area (Å²) in [6, 6.07) is 7.55. The van der Waals surface area contributed by atoms with Crippen LogP contribution in [0.3, 0.4) is 0 Å². The quantitative estimate of drug-likeness (QED) is 0.426. The van der Waals surface area contributed by atoms with Crippen molar-refractivity contribution in [2.75, 3.05) is 5.32 Å². The highest BCUT2D eigenvalue weighted by Gasteiger charge is 2.31. The molecule has 4 aromatic rings. The van der Waals surface area contributed by atoms with E-state index >= 15 is 0 Å². The van der Waals surface area contributed by atoms with Crippen molar-refractivity contribution in [2.45, 2.75) is 26.6 Å². The molecular formula is C21H16F3N5O4. The molecule has 0 atom stereocenters. The lowest BCUT2D eigenvalue weighted by Gasteiger charge is -2.08. The van der Waals surface area contributed by atoms with Crippen LogP contribution < -0.4 is 5.32 Å². The first-order chi connectivity index (χ1) is 15.6. The van der Waals surface area contributed by atoms with Gasteiger partial charge in [0, 0.05) is 19.4 Å². The predicted molar refractivity (Wildman–Crippen MR) is 107 cm³/mol. The van der Waals surface area contributed by atoms with Gasteiger partial charge in [0.05, 0.1) is 11.8 Å². The van der Waals surface area contributed by atoms with Crippen LogP contribution in [0.15, 0.2) is 51.4 Å². The predicted octanol–water partition coefficient (Wildman–Crippen LogP) is 4.36. The van der Waals surface area contributed by atoms with Crippen molar-refractivity contribution in [2.24, 2.45) is 0 Å². The molecule has 0 radical (unpaired) electrons. The van der Waals surface area contributed by atoms with E-state index in [0.29, 0.717) is 5.76 Å². The summed E-state index contributed by atoms with van der Waals surface area (Å²) in [4.78, 5) is 29.3. The van der Waals surface area contributed by atoms with E-state index in [1.165, 1.54) is 43.0 Å². The van der Waals surface area contributed by atoms with Crippen molar-refractivity contribution >= 4 is 17.5 Å².